The van der Waals surface area contributed by atoms with Crippen LogP contribution in [0.1, 0.15) is 13.8 Å². The molecule has 0 amide bonds. The van der Waals surface area contributed by atoms with Crippen LogP contribution in [-0.4, -0.2) is 17.2 Å². The van der Waals surface area contributed by atoms with Gasteiger partial charge in [0.05, 0.1) is 5.70 Å². The smallest absolute Gasteiger partial charge is 0.325 e. The van der Waals surface area contributed by atoms with Gasteiger partial charge < -0.3 is 12.4 Å². The molecule has 4 N–H and O–H groups in total. The zero-order valence-electron chi connectivity index (χ0n) is 7.85. The van der Waals surface area contributed by atoms with Gasteiger partial charge in [-0.1, -0.05) is 0 Å². The Kier molecular flexibility index (Phi) is 9.06. The molecule has 76 valence electrons. The minimum Gasteiger partial charge on any atom is -1.00 e. The zero-order valence-corrected chi connectivity index (χ0v) is 9.42. The summed E-state index contributed by atoms with van der Waals surface area (Å²) in [6.45, 7) is 3.27. The number of allylic oxidation sites excluding steroid dienone is 2. The first-order valence-corrected chi connectivity index (χ1v) is 4.66. The Morgan fingerprint density at radius 1 is 1.54 bits per heavy atom. The second kappa shape index (κ2) is 7.94. The molecule has 0 aliphatic heterocycles. The number of halogens is 1. The van der Waals surface area contributed by atoms with Gasteiger partial charge in [-0.3, -0.25) is 10.5 Å². The third-order valence-corrected chi connectivity index (χ3v) is 1.56. The highest BCUT2D eigenvalue weighted by Crippen LogP contribution is 1.83. The summed E-state index contributed by atoms with van der Waals surface area (Å²) in [5.41, 5.74) is 8.95. The number of nitrogens with two attached hydrogens (primary N) is 1. The number of rotatable bonds is 3. The molecule has 0 aliphatic rings. The molecule has 0 aromatic rings. The molecule has 0 aromatic carbocycles. The summed E-state index contributed by atoms with van der Waals surface area (Å²) in [6.07, 6.45) is 3.34. The third kappa shape index (κ3) is 9.23. The molecule has 0 radical (unpaired) electrons. The summed E-state index contributed by atoms with van der Waals surface area (Å²) >= 11 is 1.39. The minimum absolute atomic E-state index is 0. The van der Waals surface area contributed by atoms with Crippen molar-refractivity contribution in [1.82, 2.24) is 5.43 Å². The van der Waals surface area contributed by atoms with E-state index in [1.165, 1.54) is 24.8 Å². The van der Waals surface area contributed by atoms with Crippen LogP contribution in [0.4, 0.5) is 0 Å². The first kappa shape index (κ1) is 14.8. The first-order chi connectivity index (χ1) is 5.56. The monoisotopic (exact) mass is 223 g/mol. The van der Waals surface area contributed by atoms with Gasteiger partial charge in [0.1, 0.15) is 0 Å². The molecule has 0 rings (SSSR count). The van der Waals surface area contributed by atoms with Crippen LogP contribution in [0, 0.1) is 0 Å². The van der Waals surface area contributed by atoms with E-state index in [1.807, 2.05) is 6.26 Å². The molecule has 0 aromatic heterocycles. The van der Waals surface area contributed by atoms with E-state index < -0.39 is 0 Å². The van der Waals surface area contributed by atoms with Gasteiger partial charge >= 0.3 is 5.17 Å². The lowest BCUT2D eigenvalue weighted by molar-refractivity contribution is -0.514. The van der Waals surface area contributed by atoms with Crippen molar-refractivity contribution in [2.45, 2.75) is 13.8 Å². The van der Waals surface area contributed by atoms with Crippen LogP contribution in [0.3, 0.4) is 0 Å². The van der Waals surface area contributed by atoms with Gasteiger partial charge in [-0.15, -0.1) is 0 Å². The van der Waals surface area contributed by atoms with Crippen LogP contribution in [0.2, 0.25) is 0 Å². The molecule has 0 unspecified atom stereocenters. The number of hydrogen-bond donors (Lipinski definition) is 3. The highest BCUT2D eigenvalue weighted by atomic mass is 35.5. The van der Waals surface area contributed by atoms with Crippen LogP contribution >= 0.6 is 11.8 Å². The van der Waals surface area contributed by atoms with Crippen LogP contribution < -0.4 is 28.7 Å². The fourth-order valence-corrected chi connectivity index (χ4v) is 0.705. The fraction of sp³-hybridized carbons (Fsp3) is 0.429. The lowest BCUT2D eigenvalue weighted by Crippen LogP contribution is -3.00. The molecule has 4 nitrogen and oxygen atoms in total. The molecular formula is C7H14ClN3OS. The van der Waals surface area contributed by atoms with E-state index in [1.54, 1.807) is 6.92 Å². The summed E-state index contributed by atoms with van der Waals surface area (Å²) < 4.78 is 0. The molecule has 0 aliphatic carbocycles. The quantitative estimate of drug-likeness (QED) is 0.196. The number of ketones is 1. The lowest BCUT2D eigenvalue weighted by atomic mass is 10.3. The van der Waals surface area contributed by atoms with Crippen molar-refractivity contribution in [2.75, 3.05) is 6.26 Å². The van der Waals surface area contributed by atoms with Crippen molar-refractivity contribution >= 4 is 22.7 Å². The van der Waals surface area contributed by atoms with E-state index in [0.29, 0.717) is 5.17 Å². The molecule has 6 heteroatoms. The second-order valence-corrected chi connectivity index (χ2v) is 3.10. The predicted octanol–water partition coefficient (Wildman–Crippen LogP) is -4.25. The molecule has 0 atom stereocenters. The molecule has 0 fully saturated rings. The Labute approximate surface area is 88.4 Å². The number of hydrogen-bond acceptors (Lipinski definition) is 3. The van der Waals surface area contributed by atoms with Crippen LogP contribution in [-0.2, 0) is 4.79 Å². The topological polar surface area (TPSA) is 69.1 Å². The van der Waals surface area contributed by atoms with E-state index >= 15 is 0 Å². The predicted molar refractivity (Wildman–Crippen MR) is 51.2 cm³/mol. The SMILES string of the molecule is CS/C(N)=[NH+]/N/C(C)=C\C(C)=O.[Cl-]. The summed E-state index contributed by atoms with van der Waals surface area (Å²) in [7, 11) is 0. The highest BCUT2D eigenvalue weighted by molar-refractivity contribution is 8.12. The average molecular weight is 224 g/mol. The summed E-state index contributed by atoms with van der Waals surface area (Å²) in [5, 5.41) is 3.29. The summed E-state index contributed by atoms with van der Waals surface area (Å²) in [5.74, 6) is 0.00419. The van der Waals surface area contributed by atoms with Crippen LogP contribution in [0.5, 0.6) is 0 Å². The van der Waals surface area contributed by atoms with Crippen molar-refractivity contribution in [3.63, 3.8) is 0 Å². The van der Waals surface area contributed by atoms with E-state index in [4.69, 9.17) is 5.73 Å². The fourth-order valence-electron chi connectivity index (χ4n) is 0.552. The van der Waals surface area contributed by atoms with Crippen LogP contribution in [0.25, 0.3) is 0 Å². The Bertz CT molecular complexity index is 228. The van der Waals surface area contributed by atoms with Gasteiger partial charge in [-0.05, 0) is 31.9 Å². The van der Waals surface area contributed by atoms with Crippen molar-refractivity contribution < 1.29 is 22.3 Å². The number of hydrazine groups is 1. The van der Waals surface area contributed by atoms with Gasteiger partial charge in [0, 0.05) is 6.08 Å². The zero-order chi connectivity index (χ0) is 9.56. The maximum Gasteiger partial charge on any atom is 0.325 e. The van der Waals surface area contributed by atoms with Crippen molar-refractivity contribution in [3.05, 3.63) is 11.8 Å². The molecule has 0 bridgehead atoms. The second-order valence-electron chi connectivity index (χ2n) is 2.26. The Morgan fingerprint density at radius 2 is 2.08 bits per heavy atom. The molecule has 0 spiro atoms. The lowest BCUT2D eigenvalue weighted by Gasteiger charge is -1.95. The third-order valence-electron chi connectivity index (χ3n) is 1.02. The number of carbonyl (C=O) groups excluding carboxylic acids is 1. The average Bonchev–Trinajstić information content (AvgIpc) is 1.99. The Morgan fingerprint density at radius 3 is 2.46 bits per heavy atom. The minimum atomic E-state index is 0. The van der Waals surface area contributed by atoms with Crippen molar-refractivity contribution in [2.24, 2.45) is 5.73 Å². The van der Waals surface area contributed by atoms with Crippen LogP contribution in [0.15, 0.2) is 11.8 Å². The summed E-state index contributed by atoms with van der Waals surface area (Å²) in [6, 6.07) is 0. The van der Waals surface area contributed by atoms with Crippen molar-refractivity contribution in [3.8, 4) is 0 Å². The molecule has 13 heavy (non-hydrogen) atoms. The van der Waals surface area contributed by atoms with Gasteiger partial charge in [-0.25, -0.2) is 5.43 Å². The van der Waals surface area contributed by atoms with Crippen molar-refractivity contribution in [1.29, 1.82) is 0 Å². The normalized spacial score (nSPS) is 11.9. The number of hydrazone groups is 1. The van der Waals surface area contributed by atoms with Gasteiger partial charge in [-0.2, -0.15) is 5.10 Å². The molecular weight excluding hydrogens is 210 g/mol. The summed E-state index contributed by atoms with van der Waals surface area (Å²) in [4.78, 5) is 10.6. The number of nitrogens with one attached hydrogen (secondary N) is 2. The highest BCUT2D eigenvalue weighted by Gasteiger charge is 1.94. The van der Waals surface area contributed by atoms with E-state index in [0.717, 1.165) is 5.70 Å². The number of amidine groups is 1. The molecule has 0 saturated carbocycles. The van der Waals surface area contributed by atoms with Gasteiger partial charge in [0.2, 0.25) is 0 Å². The van der Waals surface area contributed by atoms with Gasteiger partial charge in [0.25, 0.3) is 0 Å². The standard InChI is InChI=1S/C7H13N3OS.ClH/c1-5(4-6(2)11)9-10-7(8)12-3;/h4,9H,1-3H3,(H2,8,10);1H/b5-4-;. The first-order valence-electron chi connectivity index (χ1n) is 3.43. The van der Waals surface area contributed by atoms with E-state index in [2.05, 4.69) is 10.5 Å². The largest absolute Gasteiger partial charge is 1.00 e. The molecule has 0 heterocycles. The van der Waals surface area contributed by atoms with E-state index in [9.17, 15) is 4.79 Å². The van der Waals surface area contributed by atoms with E-state index in [-0.39, 0.29) is 18.2 Å². The van der Waals surface area contributed by atoms with Gasteiger partial charge in [0.15, 0.2) is 5.78 Å². The molecule has 0 saturated heterocycles. The Hall–Kier alpha value is -0.680. The maximum absolute atomic E-state index is 10.6. The Balaban J connectivity index is 0. The number of thioether (sulfide) groups is 1. The number of carbonyl (C=O) groups is 1. The maximum atomic E-state index is 10.6.